The van der Waals surface area contributed by atoms with Crippen LogP contribution in [-0.4, -0.2) is 16.2 Å². The number of nitriles is 1. The lowest BCUT2D eigenvalue weighted by molar-refractivity contribution is -0.132. The van der Waals surface area contributed by atoms with Crippen LogP contribution in [0.1, 0.15) is 12.5 Å². The Hall–Kier alpha value is -2.75. The molecule has 0 bridgehead atoms. The van der Waals surface area contributed by atoms with Gasteiger partial charge in [-0.1, -0.05) is 0 Å². The van der Waals surface area contributed by atoms with Gasteiger partial charge in [0.1, 0.15) is 11.6 Å². The molecule has 18 heavy (non-hydrogen) atoms. The summed E-state index contributed by atoms with van der Waals surface area (Å²) in [6.45, 7) is 1.13. The quantitative estimate of drug-likeness (QED) is 0.487. The topological polar surface area (TPSA) is 106 Å². The van der Waals surface area contributed by atoms with E-state index in [9.17, 15) is 9.18 Å². The third-order valence-electron chi connectivity index (χ3n) is 1.82. The van der Waals surface area contributed by atoms with Crippen LogP contribution >= 0.6 is 0 Å². The molecule has 0 atom stereocenters. The summed E-state index contributed by atoms with van der Waals surface area (Å²) in [6.07, 6.45) is 0. The van der Waals surface area contributed by atoms with Gasteiger partial charge in [0, 0.05) is 6.07 Å². The van der Waals surface area contributed by atoms with Gasteiger partial charge in [0.25, 0.3) is 0 Å². The van der Waals surface area contributed by atoms with Crippen molar-refractivity contribution in [3.8, 4) is 6.07 Å². The number of halogens is 1. The molecule has 1 aromatic rings. The van der Waals surface area contributed by atoms with Gasteiger partial charge < -0.3 is 10.2 Å². The second kappa shape index (κ2) is 5.54. The average molecular weight is 249 g/mol. The van der Waals surface area contributed by atoms with E-state index < -0.39 is 23.2 Å². The molecule has 0 aromatic heterocycles. The molecule has 0 aliphatic carbocycles. The first kappa shape index (κ1) is 13.3. The summed E-state index contributed by atoms with van der Waals surface area (Å²) < 4.78 is 13.0. The van der Waals surface area contributed by atoms with Crippen LogP contribution in [0.2, 0.25) is 0 Å². The maximum atomic E-state index is 13.0. The number of carboxylic acids is 1. The largest absolute Gasteiger partial charge is 0.510 e. The Labute approximate surface area is 101 Å². The molecule has 0 fully saturated rings. The lowest BCUT2D eigenvalue weighted by Crippen LogP contribution is -2.00. The standard InChI is InChI=1S/C11H8FN3O3/c1-6(16)10(11(17)18)15-14-9-3-7(5-13)2-8(12)4-9/h2-4,16H,1H3,(H,17,18). The first-order valence-electron chi connectivity index (χ1n) is 4.69. The number of nitrogens with zero attached hydrogens (tertiary/aromatic N) is 3. The predicted octanol–water partition coefficient (Wildman–Crippen LogP) is 2.66. The number of allylic oxidation sites excluding steroid dienone is 1. The molecular weight excluding hydrogens is 241 g/mol. The first-order valence-corrected chi connectivity index (χ1v) is 4.69. The second-order valence-electron chi connectivity index (χ2n) is 3.25. The van der Waals surface area contributed by atoms with E-state index in [1.54, 1.807) is 6.07 Å². The second-order valence-corrected chi connectivity index (χ2v) is 3.25. The van der Waals surface area contributed by atoms with Crippen LogP contribution < -0.4 is 0 Å². The Morgan fingerprint density at radius 2 is 2.06 bits per heavy atom. The minimum Gasteiger partial charge on any atom is -0.510 e. The van der Waals surface area contributed by atoms with Crippen LogP contribution in [0.4, 0.5) is 10.1 Å². The van der Waals surface area contributed by atoms with Crippen molar-refractivity contribution in [1.82, 2.24) is 0 Å². The molecule has 2 N–H and O–H groups in total. The number of benzene rings is 1. The van der Waals surface area contributed by atoms with E-state index in [4.69, 9.17) is 15.5 Å². The lowest BCUT2D eigenvalue weighted by Gasteiger charge is -1.97. The van der Waals surface area contributed by atoms with Gasteiger partial charge in [0.2, 0.25) is 5.70 Å². The number of rotatable bonds is 3. The molecule has 1 aromatic carbocycles. The molecule has 0 unspecified atom stereocenters. The molecule has 0 saturated carbocycles. The monoisotopic (exact) mass is 249 g/mol. The van der Waals surface area contributed by atoms with Crippen LogP contribution in [0.15, 0.2) is 39.9 Å². The number of aliphatic hydroxyl groups is 1. The number of hydrogen-bond donors (Lipinski definition) is 2. The van der Waals surface area contributed by atoms with Crippen molar-refractivity contribution in [1.29, 1.82) is 5.26 Å². The number of hydrogen-bond acceptors (Lipinski definition) is 5. The highest BCUT2D eigenvalue weighted by Crippen LogP contribution is 2.18. The van der Waals surface area contributed by atoms with E-state index >= 15 is 0 Å². The summed E-state index contributed by atoms with van der Waals surface area (Å²) in [5, 5.41) is 33.1. The molecule has 0 radical (unpaired) electrons. The molecule has 0 aliphatic rings. The van der Waals surface area contributed by atoms with Gasteiger partial charge in [-0.05, 0) is 19.1 Å². The summed E-state index contributed by atoms with van der Waals surface area (Å²) in [6, 6.07) is 4.94. The maximum absolute atomic E-state index is 13.0. The molecule has 92 valence electrons. The van der Waals surface area contributed by atoms with Crippen LogP contribution in [-0.2, 0) is 4.79 Å². The SMILES string of the molecule is CC(O)=C(N=Nc1cc(F)cc(C#N)c1)C(=O)O. The fourth-order valence-corrected chi connectivity index (χ4v) is 1.07. The van der Waals surface area contributed by atoms with Crippen LogP contribution in [0.5, 0.6) is 0 Å². The molecule has 0 spiro atoms. The molecule has 0 heterocycles. The Morgan fingerprint density at radius 1 is 1.39 bits per heavy atom. The van der Waals surface area contributed by atoms with E-state index in [-0.39, 0.29) is 11.3 Å². The first-order chi connectivity index (χ1) is 8.43. The number of carboxylic acid groups (broad SMARTS) is 1. The third kappa shape index (κ3) is 3.38. The normalized spacial score (nSPS) is 12.1. The van der Waals surface area contributed by atoms with Crippen LogP contribution in [0, 0.1) is 17.1 Å². The van der Waals surface area contributed by atoms with Crippen LogP contribution in [0.25, 0.3) is 0 Å². The van der Waals surface area contributed by atoms with Gasteiger partial charge >= 0.3 is 5.97 Å². The van der Waals surface area contributed by atoms with Crippen LogP contribution in [0.3, 0.4) is 0 Å². The summed E-state index contributed by atoms with van der Waals surface area (Å²) in [7, 11) is 0. The number of carbonyl (C=O) groups is 1. The van der Waals surface area contributed by atoms with E-state index in [0.29, 0.717) is 0 Å². The minimum absolute atomic E-state index is 0.0217. The molecule has 0 amide bonds. The Morgan fingerprint density at radius 3 is 2.56 bits per heavy atom. The highest BCUT2D eigenvalue weighted by molar-refractivity contribution is 5.86. The summed E-state index contributed by atoms with van der Waals surface area (Å²) in [5.41, 5.74) is -0.644. The zero-order chi connectivity index (χ0) is 13.7. The Kier molecular flexibility index (Phi) is 4.10. The predicted molar refractivity (Wildman–Crippen MR) is 58.6 cm³/mol. The summed E-state index contributed by atoms with van der Waals surface area (Å²) >= 11 is 0. The number of aliphatic carboxylic acids is 1. The maximum Gasteiger partial charge on any atom is 0.359 e. The molecular formula is C11H8FN3O3. The molecule has 0 aliphatic heterocycles. The van der Waals surface area contributed by atoms with Crippen molar-refractivity contribution in [3.63, 3.8) is 0 Å². The Bertz CT molecular complexity index is 584. The van der Waals surface area contributed by atoms with Crippen molar-refractivity contribution in [2.75, 3.05) is 0 Å². The van der Waals surface area contributed by atoms with E-state index in [0.717, 1.165) is 19.1 Å². The average Bonchev–Trinajstić information content (AvgIpc) is 2.27. The van der Waals surface area contributed by atoms with Crippen molar-refractivity contribution in [3.05, 3.63) is 41.0 Å². The zero-order valence-corrected chi connectivity index (χ0v) is 9.25. The van der Waals surface area contributed by atoms with Gasteiger partial charge in [-0.2, -0.15) is 10.4 Å². The van der Waals surface area contributed by atoms with Crippen molar-refractivity contribution in [2.45, 2.75) is 6.92 Å². The fourth-order valence-electron chi connectivity index (χ4n) is 1.07. The van der Waals surface area contributed by atoms with Crippen molar-refractivity contribution >= 4 is 11.7 Å². The van der Waals surface area contributed by atoms with Crippen molar-refractivity contribution in [2.24, 2.45) is 10.2 Å². The Balaban J connectivity index is 3.12. The molecule has 1 rings (SSSR count). The summed E-state index contributed by atoms with van der Waals surface area (Å²) in [5.74, 6) is -2.68. The van der Waals surface area contributed by atoms with Crippen molar-refractivity contribution < 1.29 is 19.4 Å². The van der Waals surface area contributed by atoms with E-state index in [2.05, 4.69) is 10.2 Å². The highest BCUT2D eigenvalue weighted by atomic mass is 19.1. The molecule has 7 heteroatoms. The van der Waals surface area contributed by atoms with Gasteiger partial charge in [-0.15, -0.1) is 5.11 Å². The van der Waals surface area contributed by atoms with E-state index in [1.807, 2.05) is 0 Å². The zero-order valence-electron chi connectivity index (χ0n) is 9.25. The smallest absolute Gasteiger partial charge is 0.359 e. The van der Waals surface area contributed by atoms with E-state index in [1.165, 1.54) is 6.07 Å². The van der Waals surface area contributed by atoms with Gasteiger partial charge in [-0.3, -0.25) is 0 Å². The van der Waals surface area contributed by atoms with Gasteiger partial charge in [0.15, 0.2) is 0 Å². The molecule has 0 saturated heterocycles. The number of azo groups is 1. The molecule has 6 nitrogen and oxygen atoms in total. The third-order valence-corrected chi connectivity index (χ3v) is 1.82. The fraction of sp³-hybridized carbons (Fsp3) is 0.0909. The van der Waals surface area contributed by atoms with Gasteiger partial charge in [0.05, 0.1) is 17.3 Å². The number of aliphatic hydroxyl groups excluding tert-OH is 1. The summed E-state index contributed by atoms with van der Waals surface area (Å²) in [4.78, 5) is 10.7. The highest BCUT2D eigenvalue weighted by Gasteiger charge is 2.10. The minimum atomic E-state index is -1.46. The van der Waals surface area contributed by atoms with Gasteiger partial charge in [-0.25, -0.2) is 9.18 Å². The lowest BCUT2D eigenvalue weighted by atomic mass is 10.2.